The molecule has 17 heavy (non-hydrogen) atoms. The third-order valence-electron chi connectivity index (χ3n) is 1.94. The van der Waals surface area contributed by atoms with Crippen LogP contribution in [0, 0.1) is 5.41 Å². The Kier molecular flexibility index (Phi) is 3.97. The molecule has 0 aliphatic heterocycles. The summed E-state index contributed by atoms with van der Waals surface area (Å²) in [6, 6.07) is 0. The van der Waals surface area contributed by atoms with E-state index in [9.17, 15) is 9.90 Å². The van der Waals surface area contributed by atoms with E-state index in [4.69, 9.17) is 10.1 Å². The van der Waals surface area contributed by atoms with Gasteiger partial charge in [0.15, 0.2) is 11.5 Å². The first kappa shape index (κ1) is 12.9. The maximum Gasteiger partial charge on any atom is 0.285 e. The van der Waals surface area contributed by atoms with Gasteiger partial charge in [-0.3, -0.25) is 10.2 Å². The molecule has 7 heteroatoms. The predicted molar refractivity (Wildman–Crippen MR) is 58.3 cm³/mol. The molecule has 1 rings (SSSR count). The first-order chi connectivity index (χ1) is 7.99. The number of aliphatic hydroxyl groups excluding tert-OH is 1. The molecule has 7 nitrogen and oxygen atoms in total. The van der Waals surface area contributed by atoms with Crippen LogP contribution in [-0.4, -0.2) is 33.5 Å². The Morgan fingerprint density at radius 1 is 1.47 bits per heavy atom. The average Bonchev–Trinajstić information content (AvgIpc) is 2.65. The molecule has 0 aliphatic carbocycles. The third kappa shape index (κ3) is 2.68. The van der Waals surface area contributed by atoms with Crippen LogP contribution in [0.4, 0.5) is 0 Å². The Hall–Kier alpha value is -2.18. The van der Waals surface area contributed by atoms with Crippen molar-refractivity contribution in [3.8, 4) is 5.88 Å². The average molecular weight is 239 g/mol. The summed E-state index contributed by atoms with van der Waals surface area (Å²) in [5, 5.41) is 24.1. The van der Waals surface area contributed by atoms with E-state index in [-0.39, 0.29) is 28.6 Å². The number of aliphatic hydroxyl groups is 1. The highest BCUT2D eigenvalue weighted by atomic mass is 16.6. The van der Waals surface area contributed by atoms with Crippen molar-refractivity contribution in [2.24, 2.45) is 0 Å². The molecular weight excluding hydrogens is 226 g/mol. The van der Waals surface area contributed by atoms with Gasteiger partial charge in [0.1, 0.15) is 11.5 Å². The van der Waals surface area contributed by atoms with Crippen molar-refractivity contribution in [1.82, 2.24) is 10.3 Å². The van der Waals surface area contributed by atoms with Crippen LogP contribution in [0.3, 0.4) is 0 Å². The van der Waals surface area contributed by atoms with E-state index in [2.05, 4.69) is 14.9 Å². The molecule has 2 N–H and O–H groups in total. The van der Waals surface area contributed by atoms with Gasteiger partial charge in [0.05, 0.1) is 12.2 Å². The molecule has 92 valence electrons. The molecule has 0 aromatic carbocycles. The fourth-order valence-corrected chi connectivity index (χ4v) is 1.29. The largest absolute Gasteiger partial charge is 0.512 e. The summed E-state index contributed by atoms with van der Waals surface area (Å²) in [4.78, 5) is 11.3. The quantitative estimate of drug-likeness (QED) is 0.454. The van der Waals surface area contributed by atoms with Crippen molar-refractivity contribution < 1.29 is 19.3 Å². The SMILES string of the molecule is CCOc1nonc1C(=N)/C(C(C)=O)=C(/C)O. The molecule has 0 atom stereocenters. The number of carbonyl (C=O) groups excluding carboxylic acids is 1. The van der Waals surface area contributed by atoms with Crippen LogP contribution in [-0.2, 0) is 4.79 Å². The Morgan fingerprint density at radius 2 is 2.12 bits per heavy atom. The molecule has 0 aliphatic rings. The highest BCUT2D eigenvalue weighted by molar-refractivity contribution is 6.27. The maximum absolute atomic E-state index is 11.3. The molecule has 1 aromatic heterocycles. The lowest BCUT2D eigenvalue weighted by molar-refractivity contribution is -0.113. The first-order valence-electron chi connectivity index (χ1n) is 4.94. The Bertz CT molecular complexity index is 472. The topological polar surface area (TPSA) is 109 Å². The van der Waals surface area contributed by atoms with Crippen molar-refractivity contribution >= 4 is 11.5 Å². The van der Waals surface area contributed by atoms with Gasteiger partial charge in [0.25, 0.3) is 5.88 Å². The predicted octanol–water partition coefficient (Wildman–Crippen LogP) is 1.26. The molecule has 0 amide bonds. The van der Waals surface area contributed by atoms with Crippen molar-refractivity contribution in [2.45, 2.75) is 20.8 Å². The Balaban J connectivity index is 3.16. The van der Waals surface area contributed by atoms with Crippen LogP contribution >= 0.6 is 0 Å². The van der Waals surface area contributed by atoms with Gasteiger partial charge >= 0.3 is 0 Å². The minimum atomic E-state index is -0.444. The number of carbonyl (C=O) groups is 1. The van der Waals surface area contributed by atoms with Crippen LogP contribution in [0.15, 0.2) is 16.0 Å². The summed E-state index contributed by atoms with van der Waals surface area (Å²) in [5.74, 6) is -0.675. The van der Waals surface area contributed by atoms with Gasteiger partial charge in [-0.2, -0.15) is 0 Å². The van der Waals surface area contributed by atoms with E-state index in [0.717, 1.165) is 0 Å². The normalized spacial score (nSPS) is 11.9. The van der Waals surface area contributed by atoms with Gasteiger partial charge in [-0.1, -0.05) is 0 Å². The number of Topliss-reactive ketones (excluding diaryl/α,β-unsaturated/α-hetero) is 1. The van der Waals surface area contributed by atoms with Crippen LogP contribution < -0.4 is 4.74 Å². The second kappa shape index (κ2) is 5.24. The molecule has 0 bridgehead atoms. The second-order valence-corrected chi connectivity index (χ2v) is 3.24. The fraction of sp³-hybridized carbons (Fsp3) is 0.400. The van der Waals surface area contributed by atoms with E-state index in [1.807, 2.05) is 0 Å². The van der Waals surface area contributed by atoms with Crippen molar-refractivity contribution in [3.05, 3.63) is 17.0 Å². The van der Waals surface area contributed by atoms with Crippen LogP contribution in [0.2, 0.25) is 0 Å². The van der Waals surface area contributed by atoms with Crippen LogP contribution in [0.5, 0.6) is 5.88 Å². The molecule has 0 spiro atoms. The number of nitrogens with zero attached hydrogens (tertiary/aromatic N) is 2. The zero-order valence-electron chi connectivity index (χ0n) is 9.77. The van der Waals surface area contributed by atoms with E-state index in [1.54, 1.807) is 6.92 Å². The second-order valence-electron chi connectivity index (χ2n) is 3.24. The maximum atomic E-state index is 11.3. The smallest absolute Gasteiger partial charge is 0.285 e. The summed E-state index contributed by atoms with van der Waals surface area (Å²) in [6.45, 7) is 4.63. The molecule has 0 radical (unpaired) electrons. The minimum absolute atomic E-state index is 0.00884. The number of allylic oxidation sites excluding steroid dienone is 2. The lowest BCUT2D eigenvalue weighted by Crippen LogP contribution is -2.14. The summed E-state index contributed by atoms with van der Waals surface area (Å²) in [7, 11) is 0. The molecular formula is C10H13N3O4. The number of ether oxygens (including phenoxy) is 1. The van der Waals surface area contributed by atoms with Crippen LogP contribution in [0.25, 0.3) is 0 Å². The van der Waals surface area contributed by atoms with Crippen molar-refractivity contribution in [1.29, 1.82) is 5.41 Å². The number of aromatic nitrogens is 2. The molecule has 1 heterocycles. The standard InChI is InChI=1S/C10H13N3O4/c1-4-16-10-9(12-17-13-10)8(11)7(5(2)14)6(3)15/h11,14H,4H2,1-3H3/b7-5-,11-8?. The molecule has 0 unspecified atom stereocenters. The van der Waals surface area contributed by atoms with Crippen LogP contribution in [0.1, 0.15) is 26.5 Å². The molecule has 0 saturated carbocycles. The van der Waals surface area contributed by atoms with E-state index < -0.39 is 5.78 Å². The zero-order chi connectivity index (χ0) is 13.0. The summed E-state index contributed by atoms with van der Waals surface area (Å²) in [6.07, 6.45) is 0. The first-order valence-corrected chi connectivity index (χ1v) is 4.94. The van der Waals surface area contributed by atoms with Gasteiger partial charge in [0, 0.05) is 0 Å². The summed E-state index contributed by atoms with van der Waals surface area (Å²) < 4.78 is 9.53. The lowest BCUT2D eigenvalue weighted by Gasteiger charge is -2.05. The summed E-state index contributed by atoms with van der Waals surface area (Å²) in [5.41, 5.74) is -0.422. The van der Waals surface area contributed by atoms with Crippen molar-refractivity contribution in [2.75, 3.05) is 6.61 Å². The van der Waals surface area contributed by atoms with Crippen molar-refractivity contribution in [3.63, 3.8) is 0 Å². The fourth-order valence-electron chi connectivity index (χ4n) is 1.29. The van der Waals surface area contributed by atoms with Gasteiger partial charge in [-0.15, -0.1) is 0 Å². The summed E-state index contributed by atoms with van der Waals surface area (Å²) >= 11 is 0. The van der Waals surface area contributed by atoms with Gasteiger partial charge in [-0.25, -0.2) is 4.63 Å². The highest BCUT2D eigenvalue weighted by Gasteiger charge is 2.23. The Labute approximate surface area is 97.6 Å². The molecule has 1 aromatic rings. The lowest BCUT2D eigenvalue weighted by atomic mass is 10.0. The minimum Gasteiger partial charge on any atom is -0.512 e. The number of rotatable bonds is 5. The monoisotopic (exact) mass is 239 g/mol. The number of hydrogen-bond donors (Lipinski definition) is 2. The zero-order valence-corrected chi connectivity index (χ0v) is 9.77. The van der Waals surface area contributed by atoms with Gasteiger partial charge in [0.2, 0.25) is 0 Å². The van der Waals surface area contributed by atoms with E-state index in [1.165, 1.54) is 13.8 Å². The van der Waals surface area contributed by atoms with E-state index in [0.29, 0.717) is 6.61 Å². The molecule has 0 fully saturated rings. The number of hydrogen-bond acceptors (Lipinski definition) is 7. The van der Waals surface area contributed by atoms with Gasteiger partial charge < -0.3 is 9.84 Å². The molecule has 0 saturated heterocycles. The van der Waals surface area contributed by atoms with Gasteiger partial charge in [-0.05, 0) is 31.1 Å². The Morgan fingerprint density at radius 3 is 2.59 bits per heavy atom. The highest BCUT2D eigenvalue weighted by Crippen LogP contribution is 2.18. The third-order valence-corrected chi connectivity index (χ3v) is 1.94. The number of ketones is 1. The van der Waals surface area contributed by atoms with E-state index >= 15 is 0 Å². The number of nitrogens with one attached hydrogen (secondary N) is 1.